The van der Waals surface area contributed by atoms with Crippen LogP contribution < -0.4 is 10.5 Å². The Bertz CT molecular complexity index is 457. The molecule has 0 heterocycles. The van der Waals surface area contributed by atoms with Gasteiger partial charge in [-0.15, -0.1) is 0 Å². The summed E-state index contributed by atoms with van der Waals surface area (Å²) in [5.74, 6) is 2.16. The summed E-state index contributed by atoms with van der Waals surface area (Å²) in [5, 5.41) is 0. The van der Waals surface area contributed by atoms with Gasteiger partial charge in [0.2, 0.25) is 10.0 Å². The molecule has 0 fully saturated rings. The van der Waals surface area contributed by atoms with Gasteiger partial charge in [-0.1, -0.05) is 5.92 Å². The van der Waals surface area contributed by atoms with Crippen molar-refractivity contribution in [2.45, 2.75) is 4.90 Å². The van der Waals surface area contributed by atoms with Crippen LogP contribution in [0.2, 0.25) is 0 Å². The molecule has 5 heteroatoms. The lowest BCUT2D eigenvalue weighted by atomic mass is 10.2. The summed E-state index contributed by atoms with van der Waals surface area (Å²) in [6.07, 6.45) is 6.85. The van der Waals surface area contributed by atoms with Gasteiger partial charge in [0.1, 0.15) is 0 Å². The van der Waals surface area contributed by atoms with Crippen molar-refractivity contribution in [1.29, 1.82) is 0 Å². The predicted octanol–water partition coefficient (Wildman–Crippen LogP) is -0.139. The summed E-state index contributed by atoms with van der Waals surface area (Å²) in [7, 11) is -3.47. The average Bonchev–Trinajstić information content (AvgIpc) is 2.26. The quantitative estimate of drug-likeness (QED) is 0.698. The van der Waals surface area contributed by atoms with E-state index in [1.807, 2.05) is 0 Å². The van der Waals surface area contributed by atoms with Crippen LogP contribution in [-0.4, -0.2) is 21.5 Å². The molecule has 0 aliphatic heterocycles. The third-order valence-electron chi connectivity index (χ3n) is 1.75. The summed E-state index contributed by atoms with van der Waals surface area (Å²) in [5.41, 5.74) is 5.73. The van der Waals surface area contributed by atoms with E-state index in [0.29, 0.717) is 5.56 Å². The number of sulfonamides is 1. The zero-order chi connectivity index (χ0) is 11.3. The molecule has 15 heavy (non-hydrogen) atoms. The van der Waals surface area contributed by atoms with E-state index in [9.17, 15) is 8.42 Å². The maximum absolute atomic E-state index is 11.6. The number of nitrogens with one attached hydrogen (secondary N) is 1. The van der Waals surface area contributed by atoms with Crippen molar-refractivity contribution in [1.82, 2.24) is 4.72 Å². The molecule has 0 saturated heterocycles. The van der Waals surface area contributed by atoms with E-state index in [1.165, 1.54) is 24.3 Å². The summed E-state index contributed by atoms with van der Waals surface area (Å²) in [6.45, 7) is 0.465. The lowest BCUT2D eigenvalue weighted by molar-refractivity contribution is 0.582. The molecule has 0 unspecified atom stereocenters. The fourth-order valence-corrected chi connectivity index (χ4v) is 2.04. The topological polar surface area (TPSA) is 72.2 Å². The fraction of sp³-hybridized carbons (Fsp3) is 0.200. The van der Waals surface area contributed by atoms with Crippen molar-refractivity contribution in [3.8, 4) is 5.92 Å². The maximum atomic E-state index is 11.6. The Hall–Kier alpha value is -1.35. The minimum Gasteiger partial charge on any atom is -0.329 e. The maximum Gasteiger partial charge on any atom is 0.240 e. The first kappa shape index (κ1) is 11.7. The first-order chi connectivity index (χ1) is 7.10. The normalized spacial score (nSPS) is 10.9. The van der Waals surface area contributed by atoms with Crippen LogP contribution in [0.5, 0.6) is 0 Å². The number of hydrogen-bond acceptors (Lipinski definition) is 3. The Morgan fingerprint density at radius 3 is 2.40 bits per heavy atom. The summed E-state index contributed by atoms with van der Waals surface area (Å²) in [6, 6.07) is 5.89. The zero-order valence-corrected chi connectivity index (χ0v) is 8.84. The Morgan fingerprint density at radius 1 is 1.33 bits per heavy atom. The molecule has 4 nitrogen and oxygen atoms in total. The van der Waals surface area contributed by atoms with E-state index < -0.39 is 10.0 Å². The van der Waals surface area contributed by atoms with E-state index in [-0.39, 0.29) is 18.0 Å². The highest BCUT2D eigenvalue weighted by Crippen LogP contribution is 2.09. The third kappa shape index (κ3) is 3.06. The number of nitrogens with two attached hydrogens (primary N) is 1. The van der Waals surface area contributed by atoms with Gasteiger partial charge >= 0.3 is 0 Å². The van der Waals surface area contributed by atoms with Crippen LogP contribution in [0.15, 0.2) is 29.2 Å². The molecule has 1 radical (unpaired) electrons. The summed E-state index contributed by atoms with van der Waals surface area (Å²) < 4.78 is 25.5. The molecule has 79 valence electrons. The molecule has 0 aliphatic carbocycles. The van der Waals surface area contributed by atoms with Gasteiger partial charge in [-0.05, 0) is 30.7 Å². The second-order valence-corrected chi connectivity index (χ2v) is 4.60. The Morgan fingerprint density at radius 2 is 1.93 bits per heavy atom. The standard InChI is InChI=1S/C10H11N2O2S/c1-2-9-3-5-10(6-4-9)15(13,14)12-8-7-11/h3-6,12H,7-8,11H2. The van der Waals surface area contributed by atoms with Crippen molar-refractivity contribution >= 4 is 10.0 Å². The van der Waals surface area contributed by atoms with E-state index >= 15 is 0 Å². The molecule has 0 bridgehead atoms. The molecular weight excluding hydrogens is 212 g/mol. The van der Waals surface area contributed by atoms with E-state index in [1.54, 1.807) is 0 Å². The van der Waals surface area contributed by atoms with E-state index in [0.717, 1.165) is 0 Å². The van der Waals surface area contributed by atoms with Crippen molar-refractivity contribution in [2.75, 3.05) is 13.1 Å². The van der Waals surface area contributed by atoms with Crippen LogP contribution in [0.25, 0.3) is 0 Å². The highest BCUT2D eigenvalue weighted by molar-refractivity contribution is 7.89. The molecule has 1 rings (SSSR count). The molecule has 0 aromatic heterocycles. The third-order valence-corrected chi connectivity index (χ3v) is 3.22. The van der Waals surface area contributed by atoms with Gasteiger partial charge in [-0.3, -0.25) is 0 Å². The van der Waals surface area contributed by atoms with Crippen LogP contribution in [0.4, 0.5) is 0 Å². The predicted molar refractivity (Wildman–Crippen MR) is 56.9 cm³/mol. The Balaban J connectivity index is 2.92. The minimum absolute atomic E-state index is 0.162. The van der Waals surface area contributed by atoms with Crippen molar-refractivity contribution < 1.29 is 8.42 Å². The molecule has 1 aromatic carbocycles. The highest BCUT2D eigenvalue weighted by atomic mass is 32.2. The molecule has 3 N–H and O–H groups in total. The Labute approximate surface area is 89.5 Å². The van der Waals surface area contributed by atoms with Crippen molar-refractivity contribution in [2.24, 2.45) is 5.73 Å². The van der Waals surface area contributed by atoms with Crippen molar-refractivity contribution in [3.63, 3.8) is 0 Å². The minimum atomic E-state index is -3.47. The van der Waals surface area contributed by atoms with E-state index in [4.69, 9.17) is 12.2 Å². The van der Waals surface area contributed by atoms with Crippen LogP contribution in [0.1, 0.15) is 5.56 Å². The van der Waals surface area contributed by atoms with Gasteiger partial charge in [0, 0.05) is 18.7 Å². The molecule has 0 atom stereocenters. The van der Waals surface area contributed by atoms with Gasteiger partial charge in [-0.25, -0.2) is 13.1 Å². The SMILES string of the molecule is [C]#Cc1ccc(S(=O)(=O)NCCN)cc1. The fourth-order valence-electron chi connectivity index (χ4n) is 0.994. The zero-order valence-electron chi connectivity index (χ0n) is 8.03. The molecule has 0 aliphatic rings. The van der Waals surface area contributed by atoms with Gasteiger partial charge in [0.15, 0.2) is 0 Å². The smallest absolute Gasteiger partial charge is 0.240 e. The Kier molecular flexibility index (Phi) is 3.86. The molecule has 1 aromatic rings. The van der Waals surface area contributed by atoms with Crippen LogP contribution in [0, 0.1) is 12.3 Å². The lowest BCUT2D eigenvalue weighted by Gasteiger charge is -2.04. The first-order valence-corrected chi connectivity index (χ1v) is 5.81. The summed E-state index contributed by atoms with van der Waals surface area (Å²) in [4.78, 5) is 0.162. The molecule has 0 amide bonds. The highest BCUT2D eigenvalue weighted by Gasteiger charge is 2.11. The number of hydrogen-bond donors (Lipinski definition) is 2. The van der Waals surface area contributed by atoms with E-state index in [2.05, 4.69) is 10.6 Å². The van der Waals surface area contributed by atoms with Crippen molar-refractivity contribution in [3.05, 3.63) is 36.3 Å². The number of benzene rings is 1. The molecule has 0 saturated carbocycles. The van der Waals surface area contributed by atoms with Gasteiger partial charge < -0.3 is 5.73 Å². The van der Waals surface area contributed by atoms with Crippen LogP contribution >= 0.6 is 0 Å². The summed E-state index contributed by atoms with van der Waals surface area (Å²) >= 11 is 0. The van der Waals surface area contributed by atoms with Gasteiger partial charge in [-0.2, -0.15) is 0 Å². The average molecular weight is 223 g/mol. The van der Waals surface area contributed by atoms with Crippen LogP contribution in [0.3, 0.4) is 0 Å². The molecule has 0 spiro atoms. The molecular formula is C10H11N2O2S. The second kappa shape index (κ2) is 4.94. The van der Waals surface area contributed by atoms with Gasteiger partial charge in [0.05, 0.1) is 4.90 Å². The first-order valence-electron chi connectivity index (χ1n) is 4.32. The monoisotopic (exact) mass is 223 g/mol. The van der Waals surface area contributed by atoms with Crippen LogP contribution in [-0.2, 0) is 10.0 Å². The second-order valence-electron chi connectivity index (χ2n) is 2.84. The largest absolute Gasteiger partial charge is 0.329 e. The van der Waals surface area contributed by atoms with Gasteiger partial charge in [0.25, 0.3) is 0 Å². The lowest BCUT2D eigenvalue weighted by Crippen LogP contribution is -2.29. The number of rotatable bonds is 4.